The Bertz CT molecular complexity index is 1010. The van der Waals surface area contributed by atoms with Crippen molar-refractivity contribution in [1.82, 2.24) is 9.88 Å². The van der Waals surface area contributed by atoms with Gasteiger partial charge in [-0.05, 0) is 42.8 Å². The summed E-state index contributed by atoms with van der Waals surface area (Å²) in [7, 11) is 0. The maximum absolute atomic E-state index is 12.8. The molecule has 1 aliphatic rings. The van der Waals surface area contributed by atoms with Gasteiger partial charge in [0, 0.05) is 36.6 Å². The van der Waals surface area contributed by atoms with Crippen LogP contribution in [0.1, 0.15) is 15.9 Å². The first kappa shape index (κ1) is 18.1. The van der Waals surface area contributed by atoms with Crippen LogP contribution < -0.4 is 4.90 Å². The molecule has 6 heteroatoms. The minimum Gasteiger partial charge on any atom is -0.353 e. The third-order valence-corrected chi connectivity index (χ3v) is 5.51. The van der Waals surface area contributed by atoms with Gasteiger partial charge in [0.1, 0.15) is 5.82 Å². The molecule has 0 radical (unpaired) electrons. The van der Waals surface area contributed by atoms with E-state index in [1.807, 2.05) is 23.1 Å². The molecule has 1 saturated heterocycles. The summed E-state index contributed by atoms with van der Waals surface area (Å²) in [5.41, 5.74) is 2.70. The number of nitrogens with zero attached hydrogens (tertiary/aromatic N) is 3. The van der Waals surface area contributed by atoms with Gasteiger partial charge in [-0.3, -0.25) is 4.79 Å². The zero-order valence-corrected chi connectivity index (χ0v) is 16.5. The Morgan fingerprint density at radius 3 is 2.48 bits per heavy atom. The zero-order chi connectivity index (χ0) is 19.0. The van der Waals surface area contributed by atoms with E-state index in [0.29, 0.717) is 28.7 Å². The predicted molar refractivity (Wildman–Crippen MR) is 111 cm³/mol. The number of halogens is 2. The van der Waals surface area contributed by atoms with Crippen LogP contribution in [0, 0.1) is 6.92 Å². The van der Waals surface area contributed by atoms with Crippen molar-refractivity contribution in [3.63, 3.8) is 0 Å². The van der Waals surface area contributed by atoms with Crippen LogP contribution >= 0.6 is 23.2 Å². The number of rotatable bonds is 2. The second-order valence-corrected chi connectivity index (χ2v) is 7.56. The summed E-state index contributed by atoms with van der Waals surface area (Å²) in [4.78, 5) is 21.6. The number of hydrogen-bond donors (Lipinski definition) is 0. The summed E-state index contributed by atoms with van der Waals surface area (Å²) < 4.78 is 0. The fourth-order valence-electron chi connectivity index (χ4n) is 3.47. The van der Waals surface area contributed by atoms with Crippen molar-refractivity contribution in [3.05, 3.63) is 69.7 Å². The van der Waals surface area contributed by atoms with Crippen LogP contribution in [-0.2, 0) is 0 Å². The van der Waals surface area contributed by atoms with Gasteiger partial charge in [0.25, 0.3) is 5.91 Å². The fourth-order valence-corrected chi connectivity index (χ4v) is 3.95. The van der Waals surface area contributed by atoms with Crippen molar-refractivity contribution >= 4 is 45.8 Å². The van der Waals surface area contributed by atoms with Gasteiger partial charge in [-0.25, -0.2) is 4.98 Å². The van der Waals surface area contributed by atoms with E-state index in [1.54, 1.807) is 18.2 Å². The molecule has 0 aliphatic carbocycles. The molecule has 0 saturated carbocycles. The lowest BCUT2D eigenvalue weighted by Crippen LogP contribution is -2.49. The highest BCUT2D eigenvalue weighted by atomic mass is 35.5. The average molecular weight is 400 g/mol. The molecule has 0 N–H and O–H groups in total. The standard InChI is InChI=1S/C21H19Cl2N3O/c1-14-12-20(24-19-5-3-2-4-16(14)19)25-8-10-26(11-9-25)21(27)17-7-6-15(22)13-18(17)23/h2-7,12-13H,8-11H2,1H3. The van der Waals surface area contributed by atoms with Crippen LogP contribution in [0.2, 0.25) is 10.0 Å². The van der Waals surface area contributed by atoms with Gasteiger partial charge in [-0.15, -0.1) is 0 Å². The number of aromatic nitrogens is 1. The lowest BCUT2D eigenvalue weighted by Gasteiger charge is -2.35. The molecule has 0 atom stereocenters. The molecular weight excluding hydrogens is 381 g/mol. The highest BCUT2D eigenvalue weighted by Crippen LogP contribution is 2.25. The van der Waals surface area contributed by atoms with E-state index in [-0.39, 0.29) is 5.91 Å². The topological polar surface area (TPSA) is 36.4 Å². The number of pyridine rings is 1. The van der Waals surface area contributed by atoms with Crippen LogP contribution in [0.15, 0.2) is 48.5 Å². The number of fused-ring (bicyclic) bond motifs is 1. The maximum atomic E-state index is 12.8. The quantitative estimate of drug-likeness (QED) is 0.619. The van der Waals surface area contributed by atoms with Crippen LogP contribution in [-0.4, -0.2) is 42.0 Å². The first-order chi connectivity index (χ1) is 13.0. The molecule has 1 aliphatic heterocycles. The van der Waals surface area contributed by atoms with Crippen LogP contribution in [0.25, 0.3) is 10.9 Å². The highest BCUT2D eigenvalue weighted by Gasteiger charge is 2.24. The second kappa shape index (κ2) is 7.37. The molecule has 0 unspecified atom stereocenters. The van der Waals surface area contributed by atoms with Crippen LogP contribution in [0.5, 0.6) is 0 Å². The van der Waals surface area contributed by atoms with Gasteiger partial charge >= 0.3 is 0 Å². The highest BCUT2D eigenvalue weighted by molar-refractivity contribution is 6.36. The summed E-state index contributed by atoms with van der Waals surface area (Å²) in [6.45, 7) is 4.84. The van der Waals surface area contributed by atoms with E-state index >= 15 is 0 Å². The largest absolute Gasteiger partial charge is 0.353 e. The number of aryl methyl sites for hydroxylation is 1. The minimum atomic E-state index is -0.0565. The Labute approximate surface area is 168 Å². The van der Waals surface area contributed by atoms with Gasteiger partial charge in [-0.2, -0.15) is 0 Å². The number of carbonyl (C=O) groups excluding carboxylic acids is 1. The van der Waals surface area contributed by atoms with Crippen molar-refractivity contribution in [2.45, 2.75) is 6.92 Å². The molecular formula is C21H19Cl2N3O. The normalized spacial score (nSPS) is 14.6. The summed E-state index contributed by atoms with van der Waals surface area (Å²) >= 11 is 12.1. The second-order valence-electron chi connectivity index (χ2n) is 6.72. The summed E-state index contributed by atoms with van der Waals surface area (Å²) in [6.07, 6.45) is 0. The molecule has 1 fully saturated rings. The molecule has 0 bridgehead atoms. The molecule has 3 aromatic rings. The number of para-hydroxylation sites is 1. The van der Waals surface area contributed by atoms with Crippen LogP contribution in [0.4, 0.5) is 5.82 Å². The van der Waals surface area contributed by atoms with E-state index in [4.69, 9.17) is 28.2 Å². The van der Waals surface area contributed by atoms with E-state index in [1.165, 1.54) is 10.9 Å². The molecule has 4 nitrogen and oxygen atoms in total. The molecule has 0 spiro atoms. The molecule has 4 rings (SSSR count). The summed E-state index contributed by atoms with van der Waals surface area (Å²) in [6, 6.07) is 15.3. The number of carbonyl (C=O) groups is 1. The molecule has 2 aromatic carbocycles. The zero-order valence-electron chi connectivity index (χ0n) is 15.0. The lowest BCUT2D eigenvalue weighted by atomic mass is 10.1. The number of benzene rings is 2. The third kappa shape index (κ3) is 3.60. The fraction of sp³-hybridized carbons (Fsp3) is 0.238. The monoisotopic (exact) mass is 399 g/mol. The van der Waals surface area contributed by atoms with E-state index in [9.17, 15) is 4.79 Å². The van der Waals surface area contributed by atoms with Gasteiger partial charge in [-0.1, -0.05) is 41.4 Å². The molecule has 1 amide bonds. The van der Waals surface area contributed by atoms with E-state index in [2.05, 4.69) is 24.0 Å². The van der Waals surface area contributed by atoms with Gasteiger partial charge in [0.05, 0.1) is 16.1 Å². The molecule has 27 heavy (non-hydrogen) atoms. The molecule has 1 aromatic heterocycles. The van der Waals surface area contributed by atoms with E-state index in [0.717, 1.165) is 24.4 Å². The number of hydrogen-bond acceptors (Lipinski definition) is 3. The molecule has 2 heterocycles. The van der Waals surface area contributed by atoms with Crippen molar-refractivity contribution in [1.29, 1.82) is 0 Å². The molecule has 138 valence electrons. The third-order valence-electron chi connectivity index (χ3n) is 4.96. The summed E-state index contributed by atoms with van der Waals surface area (Å²) in [5.74, 6) is 0.904. The van der Waals surface area contributed by atoms with Crippen molar-refractivity contribution in [3.8, 4) is 0 Å². The average Bonchev–Trinajstić information content (AvgIpc) is 2.68. The number of piperazine rings is 1. The van der Waals surface area contributed by atoms with Crippen molar-refractivity contribution < 1.29 is 4.79 Å². The van der Waals surface area contributed by atoms with E-state index < -0.39 is 0 Å². The Hall–Kier alpha value is -2.30. The minimum absolute atomic E-state index is 0.0565. The Morgan fingerprint density at radius 1 is 1.00 bits per heavy atom. The number of amides is 1. The van der Waals surface area contributed by atoms with Gasteiger partial charge in [0.2, 0.25) is 0 Å². The Morgan fingerprint density at radius 2 is 1.74 bits per heavy atom. The number of anilines is 1. The first-order valence-corrected chi connectivity index (χ1v) is 9.64. The summed E-state index contributed by atoms with van der Waals surface area (Å²) in [5, 5.41) is 2.09. The van der Waals surface area contributed by atoms with Crippen molar-refractivity contribution in [2.24, 2.45) is 0 Å². The SMILES string of the molecule is Cc1cc(N2CCN(C(=O)c3ccc(Cl)cc3Cl)CC2)nc2ccccc12. The maximum Gasteiger partial charge on any atom is 0.255 e. The van der Waals surface area contributed by atoms with Gasteiger partial charge in [0.15, 0.2) is 0 Å². The van der Waals surface area contributed by atoms with Crippen molar-refractivity contribution in [2.75, 3.05) is 31.1 Å². The first-order valence-electron chi connectivity index (χ1n) is 8.88. The van der Waals surface area contributed by atoms with Gasteiger partial charge < -0.3 is 9.80 Å². The Kier molecular flexibility index (Phi) is 4.94. The smallest absolute Gasteiger partial charge is 0.255 e. The predicted octanol–water partition coefficient (Wildman–Crippen LogP) is 4.81. The Balaban J connectivity index is 1.50. The lowest BCUT2D eigenvalue weighted by molar-refractivity contribution is 0.0746. The van der Waals surface area contributed by atoms with Crippen LogP contribution in [0.3, 0.4) is 0 Å².